The SMILES string of the molecule is CC1(C)CCN(Cc2ccc(N)cc2F)CC1. The number of hydrogen-bond acceptors (Lipinski definition) is 2. The number of anilines is 1. The maximum Gasteiger partial charge on any atom is 0.129 e. The van der Waals surface area contributed by atoms with Crippen LogP contribution in [0.4, 0.5) is 10.1 Å². The molecule has 3 heteroatoms. The normalized spacial score (nSPS) is 20.4. The van der Waals surface area contributed by atoms with Crippen molar-refractivity contribution in [2.24, 2.45) is 5.41 Å². The highest BCUT2D eigenvalue weighted by Gasteiger charge is 2.25. The lowest BCUT2D eigenvalue weighted by Crippen LogP contribution is -2.36. The van der Waals surface area contributed by atoms with Gasteiger partial charge in [0.15, 0.2) is 0 Å². The van der Waals surface area contributed by atoms with Crippen molar-refractivity contribution in [1.29, 1.82) is 0 Å². The van der Waals surface area contributed by atoms with Gasteiger partial charge >= 0.3 is 0 Å². The third-order valence-corrected chi connectivity index (χ3v) is 3.68. The van der Waals surface area contributed by atoms with Crippen LogP contribution in [-0.4, -0.2) is 18.0 Å². The summed E-state index contributed by atoms with van der Waals surface area (Å²) in [4.78, 5) is 2.32. The van der Waals surface area contributed by atoms with Gasteiger partial charge in [-0.1, -0.05) is 19.9 Å². The molecule has 1 aromatic rings. The van der Waals surface area contributed by atoms with Crippen molar-refractivity contribution >= 4 is 5.69 Å². The molecular formula is C14H21FN2. The fraction of sp³-hybridized carbons (Fsp3) is 0.571. The first-order chi connectivity index (χ1) is 7.96. The van der Waals surface area contributed by atoms with Gasteiger partial charge in [-0.3, -0.25) is 4.90 Å². The lowest BCUT2D eigenvalue weighted by molar-refractivity contribution is 0.126. The number of nitrogens with zero attached hydrogens (tertiary/aromatic N) is 1. The second-order valence-electron chi connectivity index (χ2n) is 5.79. The van der Waals surface area contributed by atoms with Gasteiger partial charge in [0.05, 0.1) is 0 Å². The summed E-state index contributed by atoms with van der Waals surface area (Å²) in [5, 5.41) is 0. The zero-order valence-electron chi connectivity index (χ0n) is 10.7. The molecule has 2 rings (SSSR count). The van der Waals surface area contributed by atoms with E-state index in [-0.39, 0.29) is 5.82 Å². The van der Waals surface area contributed by atoms with Crippen molar-refractivity contribution in [3.63, 3.8) is 0 Å². The summed E-state index contributed by atoms with van der Waals surface area (Å²) in [7, 11) is 0. The highest BCUT2D eigenvalue weighted by atomic mass is 19.1. The Balaban J connectivity index is 1.98. The number of nitrogens with two attached hydrogens (primary N) is 1. The van der Waals surface area contributed by atoms with E-state index in [1.807, 2.05) is 0 Å². The van der Waals surface area contributed by atoms with E-state index in [0.717, 1.165) is 18.7 Å². The molecule has 17 heavy (non-hydrogen) atoms. The number of nitrogen functional groups attached to an aromatic ring is 1. The van der Waals surface area contributed by atoms with E-state index in [4.69, 9.17) is 5.73 Å². The molecular weight excluding hydrogens is 215 g/mol. The van der Waals surface area contributed by atoms with Gasteiger partial charge in [-0.2, -0.15) is 0 Å². The fourth-order valence-electron chi connectivity index (χ4n) is 2.25. The van der Waals surface area contributed by atoms with Gasteiger partial charge in [0.25, 0.3) is 0 Å². The van der Waals surface area contributed by atoms with Crippen LogP contribution in [0.15, 0.2) is 18.2 Å². The Hall–Kier alpha value is -1.09. The zero-order valence-corrected chi connectivity index (χ0v) is 10.7. The number of benzene rings is 1. The van der Waals surface area contributed by atoms with Crippen molar-refractivity contribution in [1.82, 2.24) is 4.90 Å². The van der Waals surface area contributed by atoms with Crippen molar-refractivity contribution in [3.05, 3.63) is 29.6 Å². The Morgan fingerprint density at radius 1 is 1.29 bits per heavy atom. The Labute approximate surface area is 103 Å². The van der Waals surface area contributed by atoms with Crippen LogP contribution in [0.25, 0.3) is 0 Å². The van der Waals surface area contributed by atoms with Gasteiger partial charge in [0.1, 0.15) is 5.82 Å². The van der Waals surface area contributed by atoms with Gasteiger partial charge in [0, 0.05) is 17.8 Å². The monoisotopic (exact) mass is 236 g/mol. The summed E-state index contributed by atoms with van der Waals surface area (Å²) < 4.78 is 13.7. The predicted octanol–water partition coefficient (Wildman–Crippen LogP) is 3.03. The minimum Gasteiger partial charge on any atom is -0.399 e. The summed E-state index contributed by atoms with van der Waals surface area (Å²) in [5.74, 6) is -0.185. The summed E-state index contributed by atoms with van der Waals surface area (Å²) in [6, 6.07) is 4.97. The van der Waals surface area contributed by atoms with E-state index in [2.05, 4.69) is 18.7 Å². The zero-order chi connectivity index (χ0) is 12.5. The number of likely N-dealkylation sites (tertiary alicyclic amines) is 1. The Bertz CT molecular complexity index is 391. The molecule has 0 bridgehead atoms. The minimum absolute atomic E-state index is 0.185. The third-order valence-electron chi connectivity index (χ3n) is 3.68. The second kappa shape index (κ2) is 4.65. The van der Waals surface area contributed by atoms with Crippen molar-refractivity contribution < 1.29 is 4.39 Å². The van der Waals surface area contributed by atoms with Crippen LogP contribution in [-0.2, 0) is 6.54 Å². The van der Waals surface area contributed by atoms with Crippen LogP contribution in [0, 0.1) is 11.2 Å². The summed E-state index contributed by atoms with van der Waals surface area (Å²) in [6.07, 6.45) is 2.37. The molecule has 1 aliphatic rings. The largest absolute Gasteiger partial charge is 0.399 e. The maximum atomic E-state index is 13.7. The van der Waals surface area contributed by atoms with E-state index in [0.29, 0.717) is 17.6 Å². The summed E-state index contributed by atoms with van der Waals surface area (Å²) >= 11 is 0. The van der Waals surface area contributed by atoms with Crippen LogP contribution in [0.1, 0.15) is 32.3 Å². The van der Waals surface area contributed by atoms with Crippen LogP contribution in [0.5, 0.6) is 0 Å². The maximum absolute atomic E-state index is 13.7. The minimum atomic E-state index is -0.185. The highest BCUT2D eigenvalue weighted by molar-refractivity contribution is 5.40. The molecule has 0 amide bonds. The molecule has 1 fully saturated rings. The van der Waals surface area contributed by atoms with Gasteiger partial charge in [-0.15, -0.1) is 0 Å². The third kappa shape index (κ3) is 3.19. The second-order valence-corrected chi connectivity index (χ2v) is 5.79. The van der Waals surface area contributed by atoms with E-state index >= 15 is 0 Å². The standard InChI is InChI=1S/C14H21FN2/c1-14(2)5-7-17(8-6-14)10-11-3-4-12(16)9-13(11)15/h3-4,9H,5-8,10,16H2,1-2H3. The predicted molar refractivity (Wildman–Crippen MR) is 69.1 cm³/mol. The van der Waals surface area contributed by atoms with Gasteiger partial charge in [0.2, 0.25) is 0 Å². The first kappa shape index (κ1) is 12.4. The molecule has 1 aromatic carbocycles. The first-order valence-corrected chi connectivity index (χ1v) is 6.23. The van der Waals surface area contributed by atoms with Crippen LogP contribution in [0.3, 0.4) is 0 Å². The molecule has 0 unspecified atom stereocenters. The molecule has 0 atom stereocenters. The van der Waals surface area contributed by atoms with Crippen molar-refractivity contribution in [3.8, 4) is 0 Å². The summed E-state index contributed by atoms with van der Waals surface area (Å²) in [5.41, 5.74) is 7.22. The van der Waals surface area contributed by atoms with Crippen molar-refractivity contribution in [2.45, 2.75) is 33.2 Å². The molecule has 1 aliphatic heterocycles. The molecule has 0 spiro atoms. The van der Waals surface area contributed by atoms with Gasteiger partial charge in [-0.25, -0.2) is 4.39 Å². The number of halogens is 1. The molecule has 1 saturated heterocycles. The summed E-state index contributed by atoms with van der Waals surface area (Å²) in [6.45, 7) is 7.40. The number of piperidine rings is 1. The van der Waals surface area contributed by atoms with Crippen LogP contribution in [0.2, 0.25) is 0 Å². The average Bonchev–Trinajstić information content (AvgIpc) is 2.25. The van der Waals surface area contributed by atoms with Crippen LogP contribution >= 0.6 is 0 Å². The Kier molecular flexibility index (Phi) is 3.38. The smallest absolute Gasteiger partial charge is 0.129 e. The molecule has 0 saturated carbocycles. The van der Waals surface area contributed by atoms with Gasteiger partial charge in [-0.05, 0) is 43.5 Å². The quantitative estimate of drug-likeness (QED) is 0.800. The molecule has 0 radical (unpaired) electrons. The molecule has 2 nitrogen and oxygen atoms in total. The number of hydrogen-bond donors (Lipinski definition) is 1. The molecule has 2 N–H and O–H groups in total. The Morgan fingerprint density at radius 2 is 1.94 bits per heavy atom. The molecule has 0 aliphatic carbocycles. The van der Waals surface area contributed by atoms with E-state index in [1.165, 1.54) is 18.9 Å². The van der Waals surface area contributed by atoms with Crippen molar-refractivity contribution in [2.75, 3.05) is 18.8 Å². The average molecular weight is 236 g/mol. The molecule has 94 valence electrons. The highest BCUT2D eigenvalue weighted by Crippen LogP contribution is 2.30. The molecule has 1 heterocycles. The lowest BCUT2D eigenvalue weighted by atomic mass is 9.82. The topological polar surface area (TPSA) is 29.3 Å². The molecule has 0 aromatic heterocycles. The number of rotatable bonds is 2. The Morgan fingerprint density at radius 3 is 2.53 bits per heavy atom. The van der Waals surface area contributed by atoms with Gasteiger partial charge < -0.3 is 5.73 Å². The fourth-order valence-corrected chi connectivity index (χ4v) is 2.25. The van der Waals surface area contributed by atoms with E-state index in [9.17, 15) is 4.39 Å². The van der Waals surface area contributed by atoms with Crippen LogP contribution < -0.4 is 5.73 Å². The van der Waals surface area contributed by atoms with E-state index < -0.39 is 0 Å². The first-order valence-electron chi connectivity index (χ1n) is 6.23. The lowest BCUT2D eigenvalue weighted by Gasteiger charge is -2.36. The van der Waals surface area contributed by atoms with E-state index in [1.54, 1.807) is 12.1 Å².